The number of benzene rings is 1. The van der Waals surface area contributed by atoms with Gasteiger partial charge < -0.3 is 20.7 Å². The molecular weight excluding hydrogens is 418 g/mol. The minimum atomic E-state index is 0.0269. The van der Waals surface area contributed by atoms with Gasteiger partial charge in [0.15, 0.2) is 11.6 Å². The first-order chi connectivity index (χ1) is 15.9. The summed E-state index contributed by atoms with van der Waals surface area (Å²) in [6.07, 6.45) is 8.72. The van der Waals surface area contributed by atoms with E-state index in [2.05, 4.69) is 38.4 Å². The molecule has 0 spiro atoms. The Hall–Kier alpha value is -3.46. The van der Waals surface area contributed by atoms with Crippen LogP contribution in [0.5, 0.6) is 11.6 Å². The minimum absolute atomic E-state index is 0.0269. The summed E-state index contributed by atoms with van der Waals surface area (Å²) in [6, 6.07) is 6.58. The van der Waals surface area contributed by atoms with Gasteiger partial charge in [-0.1, -0.05) is 11.6 Å². The lowest BCUT2D eigenvalue weighted by Gasteiger charge is -2.28. The summed E-state index contributed by atoms with van der Waals surface area (Å²) < 4.78 is 7.96. The SMILES string of the molecule is Cc1cc(-c2cnc(N)c(Oc3cnn(C4CCN(C)CC4)c3)n2)cc([C@@H]2CCC(=O)N2)c1. The van der Waals surface area contributed by atoms with Crippen molar-refractivity contribution in [3.05, 3.63) is 47.9 Å². The zero-order valence-corrected chi connectivity index (χ0v) is 19.0. The molecule has 2 aliphatic rings. The van der Waals surface area contributed by atoms with E-state index >= 15 is 0 Å². The smallest absolute Gasteiger partial charge is 0.263 e. The Bertz CT molecular complexity index is 1170. The number of nitrogen functional groups attached to an aromatic ring is 1. The fourth-order valence-electron chi connectivity index (χ4n) is 4.57. The lowest BCUT2D eigenvalue weighted by molar-refractivity contribution is -0.119. The van der Waals surface area contributed by atoms with E-state index in [0.717, 1.165) is 49.0 Å². The third-order valence-electron chi connectivity index (χ3n) is 6.41. The fourth-order valence-corrected chi connectivity index (χ4v) is 4.57. The number of aromatic nitrogens is 4. The van der Waals surface area contributed by atoms with Crippen LogP contribution in [0.3, 0.4) is 0 Å². The van der Waals surface area contributed by atoms with Gasteiger partial charge in [-0.2, -0.15) is 5.10 Å². The average molecular weight is 448 g/mol. The van der Waals surface area contributed by atoms with E-state index in [0.29, 0.717) is 23.9 Å². The molecule has 2 aliphatic heterocycles. The Labute approximate surface area is 193 Å². The standard InChI is InChI=1S/C24H29N7O2/c1-15-9-16(20-3-4-22(32)28-20)11-17(10-15)21-13-26-23(25)24(29-21)33-19-12-27-31(14-19)18-5-7-30(2)8-6-18/h9-14,18,20H,3-8H2,1-2H3,(H2,25,26)(H,28,32)/t20-/m0/s1. The molecule has 0 radical (unpaired) electrons. The topological polar surface area (TPSA) is 111 Å². The molecule has 5 rings (SSSR count). The maximum atomic E-state index is 11.7. The molecule has 1 aromatic carbocycles. The molecule has 9 heteroatoms. The van der Waals surface area contributed by atoms with Crippen molar-refractivity contribution in [3.63, 3.8) is 0 Å². The third-order valence-corrected chi connectivity index (χ3v) is 6.41. The zero-order chi connectivity index (χ0) is 22.9. The number of hydrogen-bond acceptors (Lipinski definition) is 7. The first-order valence-corrected chi connectivity index (χ1v) is 11.4. The number of piperidine rings is 1. The molecule has 0 unspecified atom stereocenters. The molecule has 3 aromatic rings. The molecule has 2 fully saturated rings. The number of nitrogens with one attached hydrogen (secondary N) is 1. The van der Waals surface area contributed by atoms with Crippen LogP contribution in [0, 0.1) is 6.92 Å². The molecule has 9 nitrogen and oxygen atoms in total. The first kappa shape index (κ1) is 21.4. The van der Waals surface area contributed by atoms with Crippen LogP contribution < -0.4 is 15.8 Å². The highest BCUT2D eigenvalue weighted by molar-refractivity contribution is 5.79. The molecular formula is C24H29N7O2. The molecule has 4 heterocycles. The molecule has 33 heavy (non-hydrogen) atoms. The summed E-state index contributed by atoms with van der Waals surface area (Å²) in [7, 11) is 2.14. The number of carbonyl (C=O) groups is 1. The highest BCUT2D eigenvalue weighted by Gasteiger charge is 2.23. The van der Waals surface area contributed by atoms with Gasteiger partial charge in [0.2, 0.25) is 5.91 Å². The number of aryl methyl sites for hydroxylation is 1. The molecule has 172 valence electrons. The van der Waals surface area contributed by atoms with Crippen LogP contribution in [0.25, 0.3) is 11.3 Å². The summed E-state index contributed by atoms with van der Waals surface area (Å²) in [4.78, 5) is 23.0. The van der Waals surface area contributed by atoms with Crippen molar-refractivity contribution >= 4 is 11.7 Å². The van der Waals surface area contributed by atoms with E-state index in [1.165, 1.54) is 0 Å². The van der Waals surface area contributed by atoms with E-state index in [-0.39, 0.29) is 23.6 Å². The largest absolute Gasteiger partial charge is 0.433 e. The van der Waals surface area contributed by atoms with Crippen molar-refractivity contribution in [1.82, 2.24) is 30.0 Å². The van der Waals surface area contributed by atoms with Gasteiger partial charge in [-0.15, -0.1) is 0 Å². The molecule has 0 bridgehead atoms. The number of nitrogens with zero attached hydrogens (tertiary/aromatic N) is 5. The summed E-state index contributed by atoms with van der Waals surface area (Å²) in [5.41, 5.74) is 9.80. The van der Waals surface area contributed by atoms with Crippen LogP contribution in [0.4, 0.5) is 5.82 Å². The molecule has 1 amide bonds. The van der Waals surface area contributed by atoms with Crippen molar-refractivity contribution in [2.75, 3.05) is 25.9 Å². The fraction of sp³-hybridized carbons (Fsp3) is 0.417. The van der Waals surface area contributed by atoms with Gasteiger partial charge in [-0.05, 0) is 64.0 Å². The number of amides is 1. The van der Waals surface area contributed by atoms with Gasteiger partial charge >= 0.3 is 0 Å². The van der Waals surface area contributed by atoms with Gasteiger partial charge in [0, 0.05) is 12.0 Å². The van der Waals surface area contributed by atoms with Crippen LogP contribution in [-0.2, 0) is 4.79 Å². The number of ether oxygens (including phenoxy) is 1. The normalized spacial score (nSPS) is 19.6. The van der Waals surface area contributed by atoms with Gasteiger partial charge in [-0.3, -0.25) is 9.48 Å². The lowest BCUT2D eigenvalue weighted by atomic mass is 9.98. The minimum Gasteiger partial charge on any atom is -0.433 e. The van der Waals surface area contributed by atoms with Gasteiger partial charge in [0.25, 0.3) is 5.88 Å². The lowest BCUT2D eigenvalue weighted by Crippen LogP contribution is -2.31. The summed E-state index contributed by atoms with van der Waals surface area (Å²) >= 11 is 0. The Morgan fingerprint density at radius 1 is 1.15 bits per heavy atom. The van der Waals surface area contributed by atoms with Gasteiger partial charge in [0.05, 0.1) is 36.4 Å². The van der Waals surface area contributed by atoms with Gasteiger partial charge in [-0.25, -0.2) is 9.97 Å². The van der Waals surface area contributed by atoms with Crippen molar-refractivity contribution in [3.8, 4) is 22.9 Å². The van der Waals surface area contributed by atoms with E-state index < -0.39 is 0 Å². The molecule has 0 saturated carbocycles. The second kappa shape index (κ2) is 8.82. The maximum Gasteiger partial charge on any atom is 0.263 e. The average Bonchev–Trinajstić information content (AvgIpc) is 3.44. The van der Waals surface area contributed by atoms with E-state index in [1.807, 2.05) is 29.9 Å². The summed E-state index contributed by atoms with van der Waals surface area (Å²) in [5.74, 6) is 1.16. The predicted octanol–water partition coefficient (Wildman–Crippen LogP) is 3.24. The molecule has 2 aromatic heterocycles. The Kier molecular flexibility index (Phi) is 5.72. The number of carbonyl (C=O) groups excluding carboxylic acids is 1. The quantitative estimate of drug-likeness (QED) is 0.618. The number of hydrogen-bond donors (Lipinski definition) is 2. The highest BCUT2D eigenvalue weighted by atomic mass is 16.5. The second-order valence-electron chi connectivity index (χ2n) is 9.03. The monoisotopic (exact) mass is 447 g/mol. The van der Waals surface area contributed by atoms with Crippen LogP contribution in [0.2, 0.25) is 0 Å². The summed E-state index contributed by atoms with van der Waals surface area (Å²) in [6.45, 7) is 4.15. The van der Waals surface area contributed by atoms with Crippen molar-refractivity contribution in [1.29, 1.82) is 0 Å². The van der Waals surface area contributed by atoms with Crippen LogP contribution in [0.1, 0.15) is 48.9 Å². The Morgan fingerprint density at radius 2 is 1.97 bits per heavy atom. The highest BCUT2D eigenvalue weighted by Crippen LogP contribution is 2.32. The van der Waals surface area contributed by atoms with E-state index in [4.69, 9.17) is 10.5 Å². The second-order valence-corrected chi connectivity index (χ2v) is 9.03. The number of likely N-dealkylation sites (tertiary alicyclic amines) is 1. The van der Waals surface area contributed by atoms with Crippen molar-refractivity contribution in [2.24, 2.45) is 0 Å². The number of anilines is 1. The van der Waals surface area contributed by atoms with Crippen LogP contribution in [0.15, 0.2) is 36.8 Å². The molecule has 0 aliphatic carbocycles. The van der Waals surface area contributed by atoms with E-state index in [9.17, 15) is 4.79 Å². The van der Waals surface area contributed by atoms with Crippen molar-refractivity contribution < 1.29 is 9.53 Å². The molecule has 2 saturated heterocycles. The number of rotatable bonds is 5. The zero-order valence-electron chi connectivity index (χ0n) is 19.0. The van der Waals surface area contributed by atoms with Crippen LogP contribution >= 0.6 is 0 Å². The van der Waals surface area contributed by atoms with Gasteiger partial charge in [0.1, 0.15) is 0 Å². The Balaban J connectivity index is 1.37. The predicted molar refractivity (Wildman–Crippen MR) is 125 cm³/mol. The maximum absolute atomic E-state index is 11.7. The van der Waals surface area contributed by atoms with Crippen LogP contribution in [-0.4, -0.2) is 50.7 Å². The third kappa shape index (κ3) is 4.68. The molecule has 1 atom stereocenters. The first-order valence-electron chi connectivity index (χ1n) is 11.4. The number of nitrogens with two attached hydrogens (primary N) is 1. The van der Waals surface area contributed by atoms with E-state index in [1.54, 1.807) is 12.4 Å². The Morgan fingerprint density at radius 3 is 2.73 bits per heavy atom. The van der Waals surface area contributed by atoms with Crippen molar-refractivity contribution in [2.45, 2.75) is 44.7 Å². The summed E-state index contributed by atoms with van der Waals surface area (Å²) in [5, 5.41) is 7.52. The molecule has 3 N–H and O–H groups in total.